The van der Waals surface area contributed by atoms with E-state index in [1.165, 1.54) is 0 Å². The second kappa shape index (κ2) is 8.17. The molecule has 0 bridgehead atoms. The third-order valence-corrected chi connectivity index (χ3v) is 4.98. The Labute approximate surface area is 154 Å². The molecular weight excluding hydrogens is 326 g/mol. The van der Waals surface area contributed by atoms with Gasteiger partial charge < -0.3 is 10.1 Å². The average molecular weight is 351 g/mol. The molecule has 1 saturated carbocycles. The lowest BCUT2D eigenvalue weighted by Crippen LogP contribution is -2.56. The van der Waals surface area contributed by atoms with Crippen LogP contribution in [0, 0.1) is 6.92 Å². The zero-order valence-electron chi connectivity index (χ0n) is 15.2. The molecule has 1 aliphatic rings. The molecular formula is C22H25NO3. The minimum Gasteiger partial charge on any atom is -0.459 e. The molecule has 136 valence electrons. The summed E-state index contributed by atoms with van der Waals surface area (Å²) in [4.78, 5) is 25.6. The van der Waals surface area contributed by atoms with E-state index in [4.69, 9.17) is 4.74 Å². The zero-order chi connectivity index (χ0) is 18.4. The molecule has 0 atom stereocenters. The molecule has 2 aromatic carbocycles. The summed E-state index contributed by atoms with van der Waals surface area (Å²) in [7, 11) is 0. The Balaban J connectivity index is 1.72. The van der Waals surface area contributed by atoms with Crippen molar-refractivity contribution in [2.24, 2.45) is 0 Å². The van der Waals surface area contributed by atoms with E-state index in [1.54, 1.807) is 12.1 Å². The van der Waals surface area contributed by atoms with E-state index in [-0.39, 0.29) is 18.5 Å². The van der Waals surface area contributed by atoms with Crippen LogP contribution >= 0.6 is 0 Å². The highest BCUT2D eigenvalue weighted by atomic mass is 16.5. The number of rotatable bonds is 5. The number of aryl methyl sites for hydroxylation is 1. The fraction of sp³-hybridized carbons (Fsp3) is 0.364. The summed E-state index contributed by atoms with van der Waals surface area (Å²) >= 11 is 0. The first-order valence-electron chi connectivity index (χ1n) is 9.19. The quantitative estimate of drug-likeness (QED) is 0.823. The number of carbonyl (C=O) groups is 2. The van der Waals surface area contributed by atoms with Gasteiger partial charge >= 0.3 is 5.97 Å². The molecule has 0 saturated heterocycles. The Morgan fingerprint density at radius 2 is 1.62 bits per heavy atom. The number of ether oxygens (including phenoxy) is 1. The van der Waals surface area contributed by atoms with Gasteiger partial charge in [0, 0.05) is 5.56 Å². The first-order chi connectivity index (χ1) is 12.6. The maximum absolute atomic E-state index is 12.9. The molecule has 0 aliphatic heterocycles. The van der Waals surface area contributed by atoms with Gasteiger partial charge in [-0.05, 0) is 37.5 Å². The summed E-state index contributed by atoms with van der Waals surface area (Å²) < 4.78 is 5.57. The number of hydrogen-bond acceptors (Lipinski definition) is 3. The second-order valence-electron chi connectivity index (χ2n) is 7.02. The van der Waals surface area contributed by atoms with E-state index >= 15 is 0 Å². The van der Waals surface area contributed by atoms with Crippen molar-refractivity contribution in [2.45, 2.75) is 51.2 Å². The molecule has 0 heterocycles. The van der Waals surface area contributed by atoms with Crippen molar-refractivity contribution < 1.29 is 14.3 Å². The van der Waals surface area contributed by atoms with E-state index in [9.17, 15) is 9.59 Å². The number of benzene rings is 2. The minimum absolute atomic E-state index is 0.219. The van der Waals surface area contributed by atoms with Gasteiger partial charge in [0.15, 0.2) is 0 Å². The lowest BCUT2D eigenvalue weighted by Gasteiger charge is -2.35. The lowest BCUT2D eigenvalue weighted by atomic mass is 9.81. The molecule has 2 aromatic rings. The van der Waals surface area contributed by atoms with Crippen LogP contribution in [-0.2, 0) is 16.1 Å². The molecule has 1 N–H and O–H groups in total. The second-order valence-corrected chi connectivity index (χ2v) is 7.02. The fourth-order valence-corrected chi connectivity index (χ4v) is 3.39. The van der Waals surface area contributed by atoms with Crippen LogP contribution in [0.4, 0.5) is 0 Å². The molecule has 1 fully saturated rings. The maximum Gasteiger partial charge on any atom is 0.332 e. The first kappa shape index (κ1) is 18.2. The van der Waals surface area contributed by atoms with Crippen molar-refractivity contribution in [3.8, 4) is 0 Å². The largest absolute Gasteiger partial charge is 0.459 e. The summed E-state index contributed by atoms with van der Waals surface area (Å²) in [5.41, 5.74) is 1.68. The molecule has 1 amide bonds. The van der Waals surface area contributed by atoms with Gasteiger partial charge in [0.25, 0.3) is 5.91 Å². The summed E-state index contributed by atoms with van der Waals surface area (Å²) in [5.74, 6) is -0.551. The van der Waals surface area contributed by atoms with Gasteiger partial charge in [-0.25, -0.2) is 4.79 Å². The molecule has 4 nitrogen and oxygen atoms in total. The van der Waals surface area contributed by atoms with Crippen molar-refractivity contribution in [3.05, 3.63) is 71.3 Å². The van der Waals surface area contributed by atoms with Gasteiger partial charge in [-0.1, -0.05) is 67.3 Å². The predicted octanol–water partition coefficient (Wildman–Crippen LogP) is 4.17. The molecule has 0 spiro atoms. The van der Waals surface area contributed by atoms with Crippen molar-refractivity contribution in [1.82, 2.24) is 5.32 Å². The molecule has 26 heavy (non-hydrogen) atoms. The zero-order valence-corrected chi connectivity index (χ0v) is 15.2. The SMILES string of the molecule is Cc1ccc(C(=O)NC2(C(=O)OCc3ccccc3)CCCCC2)cc1. The Kier molecular flexibility index (Phi) is 5.71. The van der Waals surface area contributed by atoms with E-state index in [0.717, 1.165) is 30.4 Å². The lowest BCUT2D eigenvalue weighted by molar-refractivity contribution is -0.154. The van der Waals surface area contributed by atoms with Crippen molar-refractivity contribution >= 4 is 11.9 Å². The normalized spacial score (nSPS) is 15.9. The van der Waals surface area contributed by atoms with Crippen LogP contribution in [0.25, 0.3) is 0 Å². The Morgan fingerprint density at radius 1 is 0.962 bits per heavy atom. The topological polar surface area (TPSA) is 55.4 Å². The number of nitrogens with one attached hydrogen (secondary N) is 1. The van der Waals surface area contributed by atoms with Crippen molar-refractivity contribution in [2.75, 3.05) is 0 Å². The minimum atomic E-state index is -0.922. The van der Waals surface area contributed by atoms with Crippen LogP contribution in [0.3, 0.4) is 0 Å². The van der Waals surface area contributed by atoms with E-state index in [2.05, 4.69) is 5.32 Å². The number of hydrogen-bond donors (Lipinski definition) is 1. The Bertz CT molecular complexity index is 747. The van der Waals surface area contributed by atoms with Crippen molar-refractivity contribution in [3.63, 3.8) is 0 Å². The van der Waals surface area contributed by atoms with Gasteiger partial charge in [0.1, 0.15) is 12.1 Å². The first-order valence-corrected chi connectivity index (χ1v) is 9.19. The van der Waals surface area contributed by atoms with Crippen LogP contribution in [0.5, 0.6) is 0 Å². The Morgan fingerprint density at radius 3 is 2.27 bits per heavy atom. The molecule has 0 unspecified atom stereocenters. The number of amides is 1. The van der Waals surface area contributed by atoms with Gasteiger partial charge in [-0.15, -0.1) is 0 Å². The number of esters is 1. The molecule has 0 aromatic heterocycles. The van der Waals surface area contributed by atoms with E-state index < -0.39 is 5.54 Å². The maximum atomic E-state index is 12.9. The highest BCUT2D eigenvalue weighted by Gasteiger charge is 2.42. The predicted molar refractivity (Wildman–Crippen MR) is 101 cm³/mol. The van der Waals surface area contributed by atoms with Crippen LogP contribution in [-0.4, -0.2) is 17.4 Å². The molecule has 4 heteroatoms. The van der Waals surface area contributed by atoms with Crippen LogP contribution in [0.2, 0.25) is 0 Å². The third kappa shape index (κ3) is 4.31. The van der Waals surface area contributed by atoms with Gasteiger partial charge in [-0.2, -0.15) is 0 Å². The molecule has 3 rings (SSSR count). The third-order valence-electron chi connectivity index (χ3n) is 4.98. The summed E-state index contributed by atoms with van der Waals surface area (Å²) in [6, 6.07) is 17.0. The molecule has 0 radical (unpaired) electrons. The van der Waals surface area contributed by atoms with E-state index in [0.29, 0.717) is 18.4 Å². The Hall–Kier alpha value is -2.62. The molecule has 1 aliphatic carbocycles. The van der Waals surface area contributed by atoms with Crippen LogP contribution in [0.1, 0.15) is 53.6 Å². The van der Waals surface area contributed by atoms with Crippen LogP contribution < -0.4 is 5.32 Å². The van der Waals surface area contributed by atoms with Gasteiger partial charge in [0.2, 0.25) is 0 Å². The monoisotopic (exact) mass is 351 g/mol. The summed E-state index contributed by atoms with van der Waals surface area (Å²) in [6.07, 6.45) is 4.15. The van der Waals surface area contributed by atoms with Crippen molar-refractivity contribution in [1.29, 1.82) is 0 Å². The summed E-state index contributed by atoms with van der Waals surface area (Å²) in [6.45, 7) is 2.20. The average Bonchev–Trinajstić information content (AvgIpc) is 2.68. The highest BCUT2D eigenvalue weighted by molar-refractivity contribution is 5.98. The smallest absolute Gasteiger partial charge is 0.332 e. The van der Waals surface area contributed by atoms with Gasteiger partial charge in [-0.3, -0.25) is 4.79 Å². The van der Waals surface area contributed by atoms with Crippen LogP contribution in [0.15, 0.2) is 54.6 Å². The summed E-state index contributed by atoms with van der Waals surface area (Å²) in [5, 5.41) is 2.99. The van der Waals surface area contributed by atoms with E-state index in [1.807, 2.05) is 49.4 Å². The standard InChI is InChI=1S/C22H25NO3/c1-17-10-12-19(13-11-17)20(24)23-22(14-6-3-7-15-22)21(25)26-16-18-8-4-2-5-9-18/h2,4-5,8-13H,3,6-7,14-16H2,1H3,(H,23,24). The fourth-order valence-electron chi connectivity index (χ4n) is 3.39. The highest BCUT2D eigenvalue weighted by Crippen LogP contribution is 2.30. The van der Waals surface area contributed by atoms with Gasteiger partial charge in [0.05, 0.1) is 0 Å². The number of carbonyl (C=O) groups excluding carboxylic acids is 2.